The van der Waals surface area contributed by atoms with Crippen molar-refractivity contribution in [2.75, 3.05) is 12.4 Å². The zero-order chi connectivity index (χ0) is 18.8. The third-order valence-electron chi connectivity index (χ3n) is 4.03. The first-order valence-electron chi connectivity index (χ1n) is 8.43. The van der Waals surface area contributed by atoms with E-state index in [1.807, 2.05) is 48.5 Å². The molecule has 2 aromatic heterocycles. The monoisotopic (exact) mass is 380 g/mol. The van der Waals surface area contributed by atoms with Crippen LogP contribution in [-0.2, 0) is 9.53 Å². The second-order valence-corrected chi connectivity index (χ2v) is 6.65. The topological polar surface area (TPSA) is 78.5 Å². The maximum absolute atomic E-state index is 13.1. The number of carbonyl (C=O) groups excluding carboxylic acids is 1. The van der Waals surface area contributed by atoms with Crippen LogP contribution in [0.4, 0.5) is 0 Å². The van der Waals surface area contributed by atoms with Crippen LogP contribution in [0, 0.1) is 0 Å². The fourth-order valence-corrected chi connectivity index (χ4v) is 3.65. The summed E-state index contributed by atoms with van der Waals surface area (Å²) >= 11 is 1.23. The highest BCUT2D eigenvalue weighted by atomic mass is 32.2. The van der Waals surface area contributed by atoms with E-state index in [2.05, 4.69) is 10.2 Å². The number of para-hydroxylation sites is 2. The molecule has 0 amide bonds. The van der Waals surface area contributed by atoms with Crippen LogP contribution in [0.15, 0.2) is 64.5 Å². The lowest BCUT2D eigenvalue weighted by Crippen LogP contribution is -2.21. The summed E-state index contributed by atoms with van der Waals surface area (Å²) in [5.74, 6) is 0.198. The Balaban J connectivity index is 1.95. The summed E-state index contributed by atoms with van der Waals surface area (Å²) in [6.45, 7) is 2.09. The van der Waals surface area contributed by atoms with Crippen molar-refractivity contribution in [3.63, 3.8) is 0 Å². The first-order chi connectivity index (χ1) is 13.2. The summed E-state index contributed by atoms with van der Waals surface area (Å²) in [7, 11) is 0. The Labute approximate surface area is 158 Å². The first-order valence-corrected chi connectivity index (χ1v) is 9.42. The molecular formula is C19H16N4O3S. The van der Waals surface area contributed by atoms with Gasteiger partial charge in [-0.1, -0.05) is 42.1 Å². The van der Waals surface area contributed by atoms with Crippen molar-refractivity contribution < 1.29 is 9.53 Å². The number of hydrogen-bond donors (Lipinski definition) is 0. The number of thioether (sulfide) groups is 1. The summed E-state index contributed by atoms with van der Waals surface area (Å²) in [6.07, 6.45) is 0. The summed E-state index contributed by atoms with van der Waals surface area (Å²) in [6, 6.07) is 16.6. The zero-order valence-electron chi connectivity index (χ0n) is 14.5. The number of aromatic nitrogens is 4. The molecule has 0 saturated carbocycles. The van der Waals surface area contributed by atoms with E-state index in [1.165, 1.54) is 16.3 Å². The number of carbonyl (C=O) groups is 1. The number of fused-ring (bicyclic) bond motifs is 3. The van der Waals surface area contributed by atoms with E-state index >= 15 is 0 Å². The quantitative estimate of drug-likeness (QED) is 0.391. The van der Waals surface area contributed by atoms with Crippen molar-refractivity contribution in [1.29, 1.82) is 0 Å². The maximum Gasteiger partial charge on any atom is 0.316 e. The molecule has 0 saturated heterocycles. The molecule has 4 rings (SSSR count). The molecule has 0 bridgehead atoms. The molecule has 7 nitrogen and oxygen atoms in total. The second-order valence-electron chi connectivity index (χ2n) is 5.70. The molecule has 8 heteroatoms. The lowest BCUT2D eigenvalue weighted by Gasteiger charge is -2.11. The van der Waals surface area contributed by atoms with Crippen molar-refractivity contribution in [3.8, 4) is 5.69 Å². The smallest absolute Gasteiger partial charge is 0.316 e. The van der Waals surface area contributed by atoms with Gasteiger partial charge in [-0.15, -0.1) is 10.2 Å². The predicted molar refractivity (Wildman–Crippen MR) is 103 cm³/mol. The van der Waals surface area contributed by atoms with Crippen molar-refractivity contribution in [3.05, 3.63) is 65.0 Å². The van der Waals surface area contributed by atoms with Gasteiger partial charge in [-0.3, -0.25) is 14.0 Å². The van der Waals surface area contributed by atoms with Crippen molar-refractivity contribution in [2.45, 2.75) is 12.1 Å². The summed E-state index contributed by atoms with van der Waals surface area (Å²) in [5.41, 5.74) is 1.23. The number of nitrogens with zero attached hydrogens (tertiary/aromatic N) is 4. The highest BCUT2D eigenvalue weighted by Crippen LogP contribution is 2.23. The number of rotatable bonds is 5. The Hall–Kier alpha value is -3.13. The molecule has 136 valence electrons. The minimum atomic E-state index is -0.320. The molecule has 0 aliphatic rings. The molecule has 0 radical (unpaired) electrons. The van der Waals surface area contributed by atoms with Crippen LogP contribution in [0.5, 0.6) is 0 Å². The van der Waals surface area contributed by atoms with E-state index < -0.39 is 0 Å². The lowest BCUT2D eigenvalue weighted by atomic mass is 10.2. The number of ether oxygens (including phenoxy) is 1. The Kier molecular flexibility index (Phi) is 4.64. The first kappa shape index (κ1) is 17.3. The van der Waals surface area contributed by atoms with E-state index in [4.69, 9.17) is 4.74 Å². The molecule has 0 N–H and O–H groups in total. The molecule has 27 heavy (non-hydrogen) atoms. The highest BCUT2D eigenvalue weighted by Gasteiger charge is 2.18. The number of hydrogen-bond acceptors (Lipinski definition) is 6. The third-order valence-corrected chi connectivity index (χ3v) is 4.94. The van der Waals surface area contributed by atoms with Gasteiger partial charge in [0.25, 0.3) is 5.56 Å². The van der Waals surface area contributed by atoms with E-state index in [1.54, 1.807) is 17.4 Å². The average Bonchev–Trinajstić information content (AvgIpc) is 3.11. The molecule has 0 aliphatic carbocycles. The average molecular weight is 380 g/mol. The summed E-state index contributed by atoms with van der Waals surface area (Å²) in [4.78, 5) is 24.8. The zero-order valence-corrected chi connectivity index (χ0v) is 15.3. The molecule has 0 fully saturated rings. The van der Waals surface area contributed by atoms with Crippen molar-refractivity contribution in [2.24, 2.45) is 0 Å². The van der Waals surface area contributed by atoms with Gasteiger partial charge in [-0.25, -0.2) is 4.57 Å². The lowest BCUT2D eigenvalue weighted by molar-refractivity contribution is -0.139. The van der Waals surface area contributed by atoms with Gasteiger partial charge in [-0.2, -0.15) is 0 Å². The molecule has 2 aromatic carbocycles. The molecule has 0 unspecified atom stereocenters. The van der Waals surface area contributed by atoms with Crippen LogP contribution in [-0.4, -0.2) is 37.5 Å². The SMILES string of the molecule is CCOC(=O)CSc1nnc2n(-c3ccccc3)c(=O)c3ccccc3n12. The van der Waals surface area contributed by atoms with Gasteiger partial charge < -0.3 is 4.74 Å². The van der Waals surface area contributed by atoms with Gasteiger partial charge in [0.1, 0.15) is 0 Å². The standard InChI is InChI=1S/C19H16N4O3S/c1-2-26-16(24)12-27-19-21-20-18-22(13-8-4-3-5-9-13)17(25)14-10-6-7-11-15(14)23(18)19/h3-11H,2,12H2,1H3. The van der Waals surface area contributed by atoms with E-state index in [0.29, 0.717) is 34.1 Å². The van der Waals surface area contributed by atoms with E-state index in [0.717, 1.165) is 0 Å². The fraction of sp³-hybridized carbons (Fsp3) is 0.158. The van der Waals surface area contributed by atoms with Gasteiger partial charge in [0.2, 0.25) is 5.78 Å². The summed E-state index contributed by atoms with van der Waals surface area (Å²) < 4.78 is 8.31. The van der Waals surface area contributed by atoms with Crippen LogP contribution in [0.3, 0.4) is 0 Å². The van der Waals surface area contributed by atoms with Gasteiger partial charge in [0.05, 0.1) is 29.0 Å². The maximum atomic E-state index is 13.1. The number of esters is 1. The molecule has 0 spiro atoms. The second kappa shape index (κ2) is 7.24. The van der Waals surface area contributed by atoms with Crippen molar-refractivity contribution >= 4 is 34.4 Å². The minimum Gasteiger partial charge on any atom is -0.465 e. The van der Waals surface area contributed by atoms with Gasteiger partial charge in [0, 0.05) is 0 Å². The fourth-order valence-electron chi connectivity index (χ4n) is 2.91. The third kappa shape index (κ3) is 3.08. The Morgan fingerprint density at radius 1 is 1.07 bits per heavy atom. The Morgan fingerprint density at radius 2 is 1.81 bits per heavy atom. The van der Waals surface area contributed by atoms with Gasteiger partial charge >= 0.3 is 5.97 Å². The largest absolute Gasteiger partial charge is 0.465 e. The molecule has 0 atom stereocenters. The van der Waals surface area contributed by atoms with Crippen LogP contribution < -0.4 is 5.56 Å². The predicted octanol–water partition coefficient (Wildman–Crippen LogP) is 2.69. The summed E-state index contributed by atoms with van der Waals surface area (Å²) in [5, 5.41) is 9.52. The van der Waals surface area contributed by atoms with Crippen LogP contribution >= 0.6 is 11.8 Å². The normalized spacial score (nSPS) is 11.1. The van der Waals surface area contributed by atoms with E-state index in [-0.39, 0.29) is 17.3 Å². The van der Waals surface area contributed by atoms with Crippen LogP contribution in [0.25, 0.3) is 22.4 Å². The molecular weight excluding hydrogens is 364 g/mol. The molecule has 2 heterocycles. The van der Waals surface area contributed by atoms with Gasteiger partial charge in [-0.05, 0) is 31.2 Å². The van der Waals surface area contributed by atoms with Crippen LogP contribution in [0.2, 0.25) is 0 Å². The Bertz CT molecular complexity index is 1180. The van der Waals surface area contributed by atoms with Crippen molar-refractivity contribution in [1.82, 2.24) is 19.2 Å². The minimum absolute atomic E-state index is 0.118. The Morgan fingerprint density at radius 3 is 2.59 bits per heavy atom. The molecule has 4 aromatic rings. The van der Waals surface area contributed by atoms with E-state index in [9.17, 15) is 9.59 Å². The van der Waals surface area contributed by atoms with Crippen LogP contribution in [0.1, 0.15) is 6.92 Å². The molecule has 0 aliphatic heterocycles. The number of benzene rings is 2. The highest BCUT2D eigenvalue weighted by molar-refractivity contribution is 7.99. The van der Waals surface area contributed by atoms with Gasteiger partial charge in [0.15, 0.2) is 5.16 Å².